The molecule has 0 aromatic heterocycles. The number of rotatable bonds is 4. The predicted molar refractivity (Wildman–Crippen MR) is 99.0 cm³/mol. The van der Waals surface area contributed by atoms with E-state index in [2.05, 4.69) is 5.43 Å². The Balaban J connectivity index is 1.79. The van der Waals surface area contributed by atoms with E-state index >= 15 is 0 Å². The standard InChI is InChI=1S/C20H17N3O4/c1-12(24)17-16-18(23(21-17)14-8-10-15(27-2)11-9-14)20(26)22(19(16)25)13-6-4-3-5-7-13/h3-11,18,21H,1-2H3. The van der Waals surface area contributed by atoms with Gasteiger partial charge in [0.15, 0.2) is 11.8 Å². The summed E-state index contributed by atoms with van der Waals surface area (Å²) < 4.78 is 5.16. The molecule has 27 heavy (non-hydrogen) atoms. The lowest BCUT2D eigenvalue weighted by atomic mass is 10.1. The van der Waals surface area contributed by atoms with Crippen molar-refractivity contribution in [1.82, 2.24) is 5.43 Å². The molecule has 1 atom stereocenters. The Bertz CT molecular complexity index is 966. The third kappa shape index (κ3) is 2.55. The van der Waals surface area contributed by atoms with Crippen molar-refractivity contribution < 1.29 is 19.1 Å². The Morgan fingerprint density at radius 2 is 1.67 bits per heavy atom. The Morgan fingerprint density at radius 3 is 2.26 bits per heavy atom. The van der Waals surface area contributed by atoms with E-state index in [1.54, 1.807) is 66.7 Å². The topological polar surface area (TPSA) is 79.0 Å². The number of carbonyl (C=O) groups excluding carboxylic acids is 3. The first-order valence-electron chi connectivity index (χ1n) is 8.41. The van der Waals surface area contributed by atoms with Crippen molar-refractivity contribution in [2.24, 2.45) is 0 Å². The zero-order valence-electron chi connectivity index (χ0n) is 14.8. The number of Topliss-reactive ketones (excluding diaryl/α,β-unsaturated/α-hetero) is 1. The number of para-hydroxylation sites is 1. The number of hydrogen-bond donors (Lipinski definition) is 1. The molecule has 1 unspecified atom stereocenters. The second kappa shape index (κ2) is 6.28. The molecule has 7 heteroatoms. The Kier molecular flexibility index (Phi) is 3.92. The van der Waals surface area contributed by atoms with Gasteiger partial charge in [0, 0.05) is 6.92 Å². The van der Waals surface area contributed by atoms with Crippen LogP contribution in [0.1, 0.15) is 6.92 Å². The molecule has 0 spiro atoms. The average molecular weight is 363 g/mol. The second-order valence-electron chi connectivity index (χ2n) is 6.24. The minimum atomic E-state index is -0.898. The highest BCUT2D eigenvalue weighted by Gasteiger charge is 2.53. The van der Waals surface area contributed by atoms with Gasteiger partial charge in [0.25, 0.3) is 11.8 Å². The fourth-order valence-corrected chi connectivity index (χ4v) is 3.36. The van der Waals surface area contributed by atoms with Crippen LogP contribution < -0.4 is 20.1 Å². The molecule has 2 aliphatic rings. The van der Waals surface area contributed by atoms with Crippen LogP contribution in [0.15, 0.2) is 65.9 Å². The Labute approximate surface area is 155 Å². The van der Waals surface area contributed by atoms with Gasteiger partial charge >= 0.3 is 0 Å². The number of ketones is 1. The van der Waals surface area contributed by atoms with Crippen LogP contribution in [0.25, 0.3) is 0 Å². The van der Waals surface area contributed by atoms with Gasteiger partial charge in [0.1, 0.15) is 11.4 Å². The molecule has 7 nitrogen and oxygen atoms in total. The van der Waals surface area contributed by atoms with E-state index in [1.165, 1.54) is 6.92 Å². The summed E-state index contributed by atoms with van der Waals surface area (Å²) in [7, 11) is 1.56. The molecule has 1 fully saturated rings. The maximum absolute atomic E-state index is 13.1. The Hall–Kier alpha value is -3.61. The summed E-state index contributed by atoms with van der Waals surface area (Å²) in [6.45, 7) is 1.37. The lowest BCUT2D eigenvalue weighted by molar-refractivity contribution is -0.121. The SMILES string of the molecule is COc1ccc(N2NC(C(C)=O)=C3C(=O)N(c4ccccc4)C(=O)C32)cc1. The summed E-state index contributed by atoms with van der Waals surface area (Å²) in [6, 6.07) is 14.8. The van der Waals surface area contributed by atoms with Crippen molar-refractivity contribution in [3.63, 3.8) is 0 Å². The van der Waals surface area contributed by atoms with E-state index in [1.807, 2.05) is 0 Å². The van der Waals surface area contributed by atoms with E-state index in [-0.39, 0.29) is 17.1 Å². The number of methoxy groups -OCH3 is 1. The molecule has 136 valence electrons. The van der Waals surface area contributed by atoms with Crippen LogP contribution in [0.2, 0.25) is 0 Å². The first-order chi connectivity index (χ1) is 13.0. The van der Waals surface area contributed by atoms with Crippen LogP contribution >= 0.6 is 0 Å². The van der Waals surface area contributed by atoms with Crippen LogP contribution in [-0.2, 0) is 14.4 Å². The number of ether oxygens (including phenoxy) is 1. The van der Waals surface area contributed by atoms with Crippen LogP contribution in [0.4, 0.5) is 11.4 Å². The van der Waals surface area contributed by atoms with Crippen molar-refractivity contribution in [3.8, 4) is 5.75 Å². The number of allylic oxidation sites excluding steroid dienone is 1. The highest BCUT2D eigenvalue weighted by Crippen LogP contribution is 2.36. The van der Waals surface area contributed by atoms with Gasteiger partial charge < -0.3 is 4.74 Å². The largest absolute Gasteiger partial charge is 0.497 e. The number of hydrazine groups is 1. The van der Waals surface area contributed by atoms with Gasteiger partial charge in [-0.1, -0.05) is 18.2 Å². The molecule has 1 N–H and O–H groups in total. The molecule has 2 aromatic carbocycles. The number of carbonyl (C=O) groups is 3. The number of hydrogen-bond acceptors (Lipinski definition) is 6. The average Bonchev–Trinajstić information content (AvgIpc) is 3.20. The van der Waals surface area contributed by atoms with Crippen LogP contribution in [0.5, 0.6) is 5.75 Å². The van der Waals surface area contributed by atoms with E-state index in [0.29, 0.717) is 17.1 Å². The number of benzene rings is 2. The smallest absolute Gasteiger partial charge is 0.266 e. The normalized spacial score (nSPS) is 18.7. The molecule has 0 aliphatic carbocycles. The summed E-state index contributed by atoms with van der Waals surface area (Å²) >= 11 is 0. The highest BCUT2D eigenvalue weighted by molar-refractivity contribution is 6.34. The zero-order chi connectivity index (χ0) is 19.1. The predicted octanol–water partition coefficient (Wildman–Crippen LogP) is 1.80. The van der Waals surface area contributed by atoms with Gasteiger partial charge in [-0.3, -0.25) is 24.8 Å². The number of nitrogens with one attached hydrogen (secondary N) is 1. The third-order valence-corrected chi connectivity index (χ3v) is 4.64. The van der Waals surface area contributed by atoms with Gasteiger partial charge in [-0.15, -0.1) is 0 Å². The molecule has 2 aromatic rings. The van der Waals surface area contributed by atoms with Crippen molar-refractivity contribution >= 4 is 29.0 Å². The number of anilines is 2. The molecule has 1 saturated heterocycles. The van der Waals surface area contributed by atoms with E-state index < -0.39 is 17.9 Å². The van der Waals surface area contributed by atoms with Crippen LogP contribution in [-0.4, -0.2) is 30.7 Å². The van der Waals surface area contributed by atoms with Crippen molar-refractivity contribution in [1.29, 1.82) is 0 Å². The summed E-state index contributed by atoms with van der Waals surface area (Å²) in [5.74, 6) is -0.523. The third-order valence-electron chi connectivity index (χ3n) is 4.64. The van der Waals surface area contributed by atoms with E-state index in [0.717, 1.165) is 4.90 Å². The molecule has 0 bridgehead atoms. The maximum atomic E-state index is 13.1. The summed E-state index contributed by atoms with van der Waals surface area (Å²) in [5, 5.41) is 1.55. The molecular formula is C20H17N3O4. The monoisotopic (exact) mass is 363 g/mol. The quantitative estimate of drug-likeness (QED) is 0.835. The van der Waals surface area contributed by atoms with Crippen molar-refractivity contribution in [2.75, 3.05) is 17.0 Å². The Morgan fingerprint density at radius 1 is 1.00 bits per heavy atom. The van der Waals surface area contributed by atoms with Crippen LogP contribution in [0.3, 0.4) is 0 Å². The number of amides is 2. The molecule has 2 amide bonds. The number of imide groups is 1. The number of fused-ring (bicyclic) bond motifs is 1. The fourth-order valence-electron chi connectivity index (χ4n) is 3.36. The summed E-state index contributed by atoms with van der Waals surface area (Å²) in [5.41, 5.74) is 4.38. The summed E-state index contributed by atoms with van der Waals surface area (Å²) in [6.07, 6.45) is 0. The minimum Gasteiger partial charge on any atom is -0.497 e. The molecule has 4 rings (SSSR count). The zero-order valence-corrected chi connectivity index (χ0v) is 14.8. The lowest BCUT2D eigenvalue weighted by Gasteiger charge is -2.26. The first kappa shape index (κ1) is 16.8. The van der Waals surface area contributed by atoms with Crippen LogP contribution in [0, 0.1) is 0 Å². The summed E-state index contributed by atoms with van der Waals surface area (Å²) in [4.78, 5) is 39.4. The van der Waals surface area contributed by atoms with Crippen molar-refractivity contribution in [3.05, 3.63) is 65.9 Å². The fraction of sp³-hybridized carbons (Fsp3) is 0.150. The molecule has 0 saturated carbocycles. The lowest BCUT2D eigenvalue weighted by Crippen LogP contribution is -2.46. The van der Waals surface area contributed by atoms with E-state index in [9.17, 15) is 14.4 Å². The highest BCUT2D eigenvalue weighted by atomic mass is 16.5. The minimum absolute atomic E-state index is 0.146. The van der Waals surface area contributed by atoms with Gasteiger partial charge in [-0.25, -0.2) is 4.90 Å². The van der Waals surface area contributed by atoms with Crippen molar-refractivity contribution in [2.45, 2.75) is 13.0 Å². The molecule has 2 heterocycles. The molecular weight excluding hydrogens is 346 g/mol. The maximum Gasteiger partial charge on any atom is 0.266 e. The van der Waals surface area contributed by atoms with Gasteiger partial charge in [-0.05, 0) is 36.4 Å². The molecule has 0 radical (unpaired) electrons. The van der Waals surface area contributed by atoms with Gasteiger partial charge in [0.2, 0.25) is 0 Å². The first-order valence-corrected chi connectivity index (χ1v) is 8.41. The van der Waals surface area contributed by atoms with Gasteiger partial charge in [0.05, 0.1) is 24.1 Å². The van der Waals surface area contributed by atoms with E-state index in [4.69, 9.17) is 4.74 Å². The number of nitrogens with zero attached hydrogens (tertiary/aromatic N) is 2. The second-order valence-corrected chi connectivity index (χ2v) is 6.24. The van der Waals surface area contributed by atoms with Gasteiger partial charge in [-0.2, -0.15) is 0 Å². The molecule has 2 aliphatic heterocycles.